The van der Waals surface area contributed by atoms with Gasteiger partial charge in [0.1, 0.15) is 0 Å². The maximum absolute atomic E-state index is 3.73. The van der Waals surface area contributed by atoms with Crippen LogP contribution in [0.2, 0.25) is 0 Å². The fraction of sp³-hybridized carbons (Fsp3) is 1.00. The van der Waals surface area contributed by atoms with E-state index in [9.17, 15) is 0 Å². The lowest BCUT2D eigenvalue weighted by Crippen LogP contribution is -2.52. The highest BCUT2D eigenvalue weighted by molar-refractivity contribution is 4.87. The molecule has 0 spiro atoms. The number of rotatable bonds is 3. The average molecular weight is 252 g/mol. The Morgan fingerprint density at radius 3 is 2.33 bits per heavy atom. The van der Waals surface area contributed by atoms with E-state index in [1.165, 1.54) is 45.2 Å². The largest absolute Gasteiger partial charge is 0.311 e. The Morgan fingerprint density at radius 2 is 1.72 bits per heavy atom. The molecule has 3 atom stereocenters. The zero-order valence-corrected chi connectivity index (χ0v) is 12.8. The third-order valence-corrected chi connectivity index (χ3v) is 4.69. The van der Waals surface area contributed by atoms with E-state index in [0.717, 1.165) is 23.9 Å². The molecule has 2 heteroatoms. The van der Waals surface area contributed by atoms with E-state index in [1.54, 1.807) is 0 Å². The highest BCUT2D eigenvalue weighted by Crippen LogP contribution is 2.32. The summed E-state index contributed by atoms with van der Waals surface area (Å²) < 4.78 is 0. The lowest BCUT2D eigenvalue weighted by atomic mass is 9.79. The van der Waals surface area contributed by atoms with Gasteiger partial charge >= 0.3 is 0 Å². The van der Waals surface area contributed by atoms with E-state index in [-0.39, 0.29) is 0 Å². The third-order valence-electron chi connectivity index (χ3n) is 4.69. The number of hydrogen-bond acceptors (Lipinski definition) is 2. The van der Waals surface area contributed by atoms with Crippen LogP contribution in [0.15, 0.2) is 0 Å². The van der Waals surface area contributed by atoms with Crippen LogP contribution in [-0.4, -0.2) is 36.1 Å². The first-order valence-corrected chi connectivity index (χ1v) is 8.04. The molecule has 3 unspecified atom stereocenters. The number of piperidine rings is 1. The normalized spacial score (nSPS) is 39.2. The van der Waals surface area contributed by atoms with Gasteiger partial charge in [-0.3, -0.25) is 4.90 Å². The molecule has 1 N–H and O–H groups in total. The fourth-order valence-electron chi connectivity index (χ4n) is 4.15. The van der Waals surface area contributed by atoms with E-state index in [2.05, 4.69) is 37.9 Å². The zero-order valence-electron chi connectivity index (χ0n) is 12.8. The van der Waals surface area contributed by atoms with E-state index in [0.29, 0.717) is 6.04 Å². The minimum atomic E-state index is 0.624. The molecule has 2 nitrogen and oxygen atoms in total. The highest BCUT2D eigenvalue weighted by atomic mass is 15.2. The van der Waals surface area contributed by atoms with Crippen molar-refractivity contribution in [2.24, 2.45) is 11.8 Å². The average Bonchev–Trinajstić information content (AvgIpc) is 2.27. The third kappa shape index (κ3) is 3.96. The molecule has 0 aromatic heterocycles. The van der Waals surface area contributed by atoms with Crippen molar-refractivity contribution >= 4 is 0 Å². The molecule has 1 heterocycles. The van der Waals surface area contributed by atoms with Crippen LogP contribution in [0.25, 0.3) is 0 Å². The quantitative estimate of drug-likeness (QED) is 0.829. The molecule has 2 aliphatic rings. The van der Waals surface area contributed by atoms with Crippen LogP contribution in [-0.2, 0) is 0 Å². The van der Waals surface area contributed by atoms with Gasteiger partial charge in [0.2, 0.25) is 0 Å². The van der Waals surface area contributed by atoms with E-state index in [1.807, 2.05) is 0 Å². The Morgan fingerprint density at radius 1 is 1.06 bits per heavy atom. The Bertz CT molecular complexity index is 241. The second-order valence-corrected chi connectivity index (χ2v) is 7.23. The summed E-state index contributed by atoms with van der Waals surface area (Å²) in [5, 5.41) is 3.73. The molecule has 2 rings (SSSR count). The molecule has 0 aromatic rings. The predicted octanol–water partition coefficient (Wildman–Crippen LogP) is 3.27. The first-order valence-electron chi connectivity index (χ1n) is 8.04. The van der Waals surface area contributed by atoms with Crippen molar-refractivity contribution in [1.82, 2.24) is 10.2 Å². The maximum Gasteiger partial charge on any atom is 0.0197 e. The van der Waals surface area contributed by atoms with Crippen molar-refractivity contribution < 1.29 is 0 Å². The second-order valence-electron chi connectivity index (χ2n) is 7.23. The van der Waals surface area contributed by atoms with Gasteiger partial charge in [-0.15, -0.1) is 0 Å². The summed E-state index contributed by atoms with van der Waals surface area (Å²) in [6.07, 6.45) is 7.05. The van der Waals surface area contributed by atoms with Crippen molar-refractivity contribution in [3.05, 3.63) is 0 Å². The van der Waals surface area contributed by atoms with Crippen LogP contribution in [0, 0.1) is 11.8 Å². The molecule has 1 saturated carbocycles. The van der Waals surface area contributed by atoms with Gasteiger partial charge in [-0.05, 0) is 50.5 Å². The maximum atomic E-state index is 3.73. The van der Waals surface area contributed by atoms with Crippen LogP contribution >= 0.6 is 0 Å². The first kappa shape index (κ1) is 14.3. The SMILES string of the molecule is CC1CC(C)CC(N2CCCC(NC(C)C)C2)C1. The van der Waals surface area contributed by atoms with E-state index < -0.39 is 0 Å². The van der Waals surface area contributed by atoms with Crippen LogP contribution in [0.5, 0.6) is 0 Å². The van der Waals surface area contributed by atoms with Gasteiger partial charge in [0, 0.05) is 24.7 Å². The highest BCUT2D eigenvalue weighted by Gasteiger charge is 2.31. The minimum absolute atomic E-state index is 0.624. The molecular formula is C16H32N2. The van der Waals surface area contributed by atoms with Gasteiger partial charge in [0.25, 0.3) is 0 Å². The van der Waals surface area contributed by atoms with E-state index >= 15 is 0 Å². The number of hydrogen-bond donors (Lipinski definition) is 1. The van der Waals surface area contributed by atoms with Crippen LogP contribution in [0.1, 0.15) is 59.8 Å². The van der Waals surface area contributed by atoms with Gasteiger partial charge in [0.05, 0.1) is 0 Å². The molecule has 0 bridgehead atoms. The lowest BCUT2D eigenvalue weighted by Gasteiger charge is -2.43. The molecule has 18 heavy (non-hydrogen) atoms. The molecule has 0 radical (unpaired) electrons. The lowest BCUT2D eigenvalue weighted by molar-refractivity contribution is 0.0763. The van der Waals surface area contributed by atoms with Gasteiger partial charge < -0.3 is 5.32 Å². The fourth-order valence-corrected chi connectivity index (χ4v) is 4.15. The van der Waals surface area contributed by atoms with Crippen LogP contribution in [0.4, 0.5) is 0 Å². The monoisotopic (exact) mass is 252 g/mol. The molecule has 1 aliphatic heterocycles. The van der Waals surface area contributed by atoms with Crippen molar-refractivity contribution in [1.29, 1.82) is 0 Å². The minimum Gasteiger partial charge on any atom is -0.311 e. The molecule has 0 amide bonds. The predicted molar refractivity (Wildman–Crippen MR) is 78.8 cm³/mol. The first-order chi connectivity index (χ1) is 8.54. The molecule has 1 saturated heterocycles. The Hall–Kier alpha value is -0.0800. The Labute approximate surface area is 114 Å². The molecule has 106 valence electrons. The van der Waals surface area contributed by atoms with Crippen molar-refractivity contribution in [3.8, 4) is 0 Å². The van der Waals surface area contributed by atoms with Gasteiger partial charge in [-0.2, -0.15) is 0 Å². The summed E-state index contributed by atoms with van der Waals surface area (Å²) in [5.41, 5.74) is 0. The molecule has 0 aromatic carbocycles. The zero-order chi connectivity index (χ0) is 13.1. The van der Waals surface area contributed by atoms with Crippen molar-refractivity contribution in [2.45, 2.75) is 77.9 Å². The topological polar surface area (TPSA) is 15.3 Å². The van der Waals surface area contributed by atoms with Crippen molar-refractivity contribution in [3.63, 3.8) is 0 Å². The van der Waals surface area contributed by atoms with Gasteiger partial charge in [-0.1, -0.05) is 27.7 Å². The van der Waals surface area contributed by atoms with Crippen LogP contribution in [0.3, 0.4) is 0 Å². The summed E-state index contributed by atoms with van der Waals surface area (Å²) in [4.78, 5) is 2.79. The standard InChI is InChI=1S/C16H32N2/c1-12(2)17-15-6-5-7-18(11-15)16-9-13(3)8-14(4)10-16/h12-17H,5-11H2,1-4H3. The molecule has 1 aliphatic carbocycles. The Balaban J connectivity index is 1.87. The summed E-state index contributed by atoms with van der Waals surface area (Å²) in [6, 6.07) is 2.21. The summed E-state index contributed by atoms with van der Waals surface area (Å²) in [7, 11) is 0. The number of nitrogens with zero attached hydrogens (tertiary/aromatic N) is 1. The molecular weight excluding hydrogens is 220 g/mol. The second kappa shape index (κ2) is 6.38. The van der Waals surface area contributed by atoms with E-state index in [4.69, 9.17) is 0 Å². The summed E-state index contributed by atoms with van der Waals surface area (Å²) >= 11 is 0. The summed E-state index contributed by atoms with van der Waals surface area (Å²) in [5.74, 6) is 1.86. The number of nitrogens with one attached hydrogen (secondary N) is 1. The van der Waals surface area contributed by atoms with Crippen molar-refractivity contribution in [2.75, 3.05) is 13.1 Å². The smallest absolute Gasteiger partial charge is 0.0197 e. The summed E-state index contributed by atoms with van der Waals surface area (Å²) in [6.45, 7) is 12.0. The van der Waals surface area contributed by atoms with Gasteiger partial charge in [0.15, 0.2) is 0 Å². The number of likely N-dealkylation sites (tertiary alicyclic amines) is 1. The molecule has 2 fully saturated rings. The Kier molecular flexibility index (Phi) is 5.08. The van der Waals surface area contributed by atoms with Crippen LogP contribution < -0.4 is 5.32 Å². The van der Waals surface area contributed by atoms with Gasteiger partial charge in [-0.25, -0.2) is 0 Å².